The second-order valence-electron chi connectivity index (χ2n) is 5.79. The molecule has 0 aromatic rings. The lowest BCUT2D eigenvalue weighted by Gasteiger charge is -2.45. The SMILES string of the molecule is CCC1CCC2NC(C)(C)CS(=O)C2C1. The van der Waals surface area contributed by atoms with Gasteiger partial charge in [-0.05, 0) is 39.0 Å². The highest BCUT2D eigenvalue weighted by molar-refractivity contribution is 7.85. The fourth-order valence-corrected chi connectivity index (χ4v) is 5.11. The lowest BCUT2D eigenvalue weighted by Crippen LogP contribution is -2.62. The van der Waals surface area contributed by atoms with Gasteiger partial charge in [0.15, 0.2) is 0 Å². The highest BCUT2D eigenvalue weighted by Crippen LogP contribution is 2.34. The van der Waals surface area contributed by atoms with Crippen LogP contribution >= 0.6 is 0 Å². The molecule has 3 heteroatoms. The maximum atomic E-state index is 12.2. The highest BCUT2D eigenvalue weighted by atomic mass is 32.2. The molecule has 2 fully saturated rings. The van der Waals surface area contributed by atoms with Gasteiger partial charge in [0.2, 0.25) is 0 Å². The molecule has 2 nitrogen and oxygen atoms in total. The van der Waals surface area contributed by atoms with E-state index in [1.165, 1.54) is 25.7 Å². The van der Waals surface area contributed by atoms with Gasteiger partial charge in [0.05, 0.1) is 5.25 Å². The summed E-state index contributed by atoms with van der Waals surface area (Å²) in [4.78, 5) is 0. The van der Waals surface area contributed by atoms with Crippen molar-refractivity contribution in [1.82, 2.24) is 5.32 Å². The first-order chi connectivity index (χ1) is 7.02. The molecule has 0 amide bonds. The van der Waals surface area contributed by atoms with E-state index in [1.54, 1.807) is 0 Å². The van der Waals surface area contributed by atoms with Crippen LogP contribution in [0.1, 0.15) is 46.5 Å². The molecule has 88 valence electrons. The molecule has 0 aromatic carbocycles. The Morgan fingerprint density at radius 3 is 2.80 bits per heavy atom. The van der Waals surface area contributed by atoms with Crippen LogP contribution in [0.25, 0.3) is 0 Å². The first-order valence-electron chi connectivity index (χ1n) is 6.16. The summed E-state index contributed by atoms with van der Waals surface area (Å²) in [5.74, 6) is 1.64. The Kier molecular flexibility index (Phi) is 3.22. The van der Waals surface area contributed by atoms with E-state index in [-0.39, 0.29) is 5.54 Å². The molecule has 0 aromatic heterocycles. The molecule has 15 heavy (non-hydrogen) atoms. The first kappa shape index (κ1) is 11.6. The average molecular weight is 229 g/mol. The largest absolute Gasteiger partial charge is 0.307 e. The van der Waals surface area contributed by atoms with Gasteiger partial charge < -0.3 is 5.32 Å². The smallest absolute Gasteiger partial charge is 0.0504 e. The molecule has 1 aliphatic carbocycles. The fourth-order valence-electron chi connectivity index (χ4n) is 3.04. The maximum Gasteiger partial charge on any atom is 0.0504 e. The number of rotatable bonds is 1. The Labute approximate surface area is 95.7 Å². The van der Waals surface area contributed by atoms with Gasteiger partial charge in [-0.15, -0.1) is 0 Å². The van der Waals surface area contributed by atoms with Crippen LogP contribution in [-0.2, 0) is 10.8 Å². The summed E-state index contributed by atoms with van der Waals surface area (Å²) in [5.41, 5.74) is 0.0745. The Morgan fingerprint density at radius 2 is 2.13 bits per heavy atom. The molecule has 1 N–H and O–H groups in total. The summed E-state index contributed by atoms with van der Waals surface area (Å²) >= 11 is 0. The first-order valence-corrected chi connectivity index (χ1v) is 7.55. The monoisotopic (exact) mass is 229 g/mol. The van der Waals surface area contributed by atoms with E-state index in [0.29, 0.717) is 11.3 Å². The van der Waals surface area contributed by atoms with Crippen molar-refractivity contribution in [2.75, 3.05) is 5.75 Å². The van der Waals surface area contributed by atoms with Gasteiger partial charge in [0, 0.05) is 28.1 Å². The molecule has 0 spiro atoms. The molecular weight excluding hydrogens is 206 g/mol. The van der Waals surface area contributed by atoms with Crippen LogP contribution in [0.15, 0.2) is 0 Å². The molecule has 2 rings (SSSR count). The van der Waals surface area contributed by atoms with Crippen molar-refractivity contribution in [2.24, 2.45) is 5.92 Å². The Morgan fingerprint density at radius 1 is 1.40 bits per heavy atom. The van der Waals surface area contributed by atoms with E-state index in [2.05, 4.69) is 26.1 Å². The van der Waals surface area contributed by atoms with Crippen molar-refractivity contribution in [1.29, 1.82) is 0 Å². The van der Waals surface area contributed by atoms with Gasteiger partial charge in [0.25, 0.3) is 0 Å². The van der Waals surface area contributed by atoms with Crippen molar-refractivity contribution >= 4 is 10.8 Å². The molecular formula is C12H23NOS. The van der Waals surface area contributed by atoms with Gasteiger partial charge >= 0.3 is 0 Å². The molecule has 0 bridgehead atoms. The predicted molar refractivity (Wildman–Crippen MR) is 65.4 cm³/mol. The van der Waals surface area contributed by atoms with Crippen LogP contribution in [0.3, 0.4) is 0 Å². The van der Waals surface area contributed by atoms with Crippen molar-refractivity contribution in [3.05, 3.63) is 0 Å². The Balaban J connectivity index is 2.07. The standard InChI is InChI=1S/C12H23NOS/c1-4-9-5-6-10-11(7-9)15(14)8-12(2,3)13-10/h9-11,13H,4-8H2,1-3H3. The zero-order valence-corrected chi connectivity index (χ0v) is 10.9. The number of hydrogen-bond donors (Lipinski definition) is 1. The van der Waals surface area contributed by atoms with Crippen molar-refractivity contribution in [3.63, 3.8) is 0 Å². The summed E-state index contributed by atoms with van der Waals surface area (Å²) in [6.45, 7) is 6.61. The quantitative estimate of drug-likeness (QED) is 0.746. The van der Waals surface area contributed by atoms with Crippen LogP contribution in [0.5, 0.6) is 0 Å². The van der Waals surface area contributed by atoms with Gasteiger partial charge in [-0.1, -0.05) is 13.3 Å². The molecule has 4 unspecified atom stereocenters. The lowest BCUT2D eigenvalue weighted by molar-refractivity contribution is 0.240. The Hall–Kier alpha value is 0.110. The summed E-state index contributed by atoms with van der Waals surface area (Å²) in [6, 6.07) is 0.511. The van der Waals surface area contributed by atoms with Crippen molar-refractivity contribution in [2.45, 2.75) is 63.3 Å². The molecule has 4 atom stereocenters. The van der Waals surface area contributed by atoms with E-state index in [1.807, 2.05) is 0 Å². The molecule has 0 radical (unpaired) electrons. The predicted octanol–water partition coefficient (Wildman–Crippen LogP) is 2.06. The van der Waals surface area contributed by atoms with E-state index in [9.17, 15) is 4.21 Å². The summed E-state index contributed by atoms with van der Waals surface area (Å²) in [6.07, 6.45) is 4.97. The minimum absolute atomic E-state index is 0.0745. The fraction of sp³-hybridized carbons (Fsp3) is 1.00. The van der Waals surface area contributed by atoms with Gasteiger partial charge in [-0.2, -0.15) is 0 Å². The van der Waals surface area contributed by atoms with Crippen LogP contribution in [0.2, 0.25) is 0 Å². The number of fused-ring (bicyclic) bond motifs is 1. The van der Waals surface area contributed by atoms with Crippen LogP contribution in [-0.4, -0.2) is 26.8 Å². The van der Waals surface area contributed by atoms with E-state index in [4.69, 9.17) is 0 Å². The minimum Gasteiger partial charge on any atom is -0.307 e. The third kappa shape index (κ3) is 2.44. The third-order valence-corrected chi connectivity index (χ3v) is 6.10. The van der Waals surface area contributed by atoms with Gasteiger partial charge in [-0.3, -0.25) is 4.21 Å². The summed E-state index contributed by atoms with van der Waals surface area (Å²) in [5, 5.41) is 4.10. The molecule has 1 saturated heterocycles. The van der Waals surface area contributed by atoms with Gasteiger partial charge in [-0.25, -0.2) is 0 Å². The highest BCUT2D eigenvalue weighted by Gasteiger charge is 2.41. The van der Waals surface area contributed by atoms with Crippen LogP contribution in [0.4, 0.5) is 0 Å². The van der Waals surface area contributed by atoms with Crippen molar-refractivity contribution < 1.29 is 4.21 Å². The number of nitrogens with one attached hydrogen (secondary N) is 1. The second-order valence-corrected chi connectivity index (χ2v) is 7.44. The normalized spacial score (nSPS) is 44.7. The van der Waals surface area contributed by atoms with E-state index >= 15 is 0 Å². The topological polar surface area (TPSA) is 29.1 Å². The molecule has 1 heterocycles. The van der Waals surface area contributed by atoms with Gasteiger partial charge in [0.1, 0.15) is 0 Å². The number of hydrogen-bond acceptors (Lipinski definition) is 2. The molecule has 1 saturated carbocycles. The van der Waals surface area contributed by atoms with Crippen LogP contribution < -0.4 is 5.32 Å². The zero-order valence-electron chi connectivity index (χ0n) is 10.1. The van der Waals surface area contributed by atoms with Crippen LogP contribution in [0, 0.1) is 5.92 Å². The third-order valence-electron chi connectivity index (χ3n) is 3.89. The average Bonchev–Trinajstić information content (AvgIpc) is 2.15. The molecule has 2 aliphatic rings. The second kappa shape index (κ2) is 4.17. The summed E-state index contributed by atoms with van der Waals surface area (Å²) < 4.78 is 12.2. The minimum atomic E-state index is -0.611. The van der Waals surface area contributed by atoms with E-state index < -0.39 is 10.8 Å². The maximum absolute atomic E-state index is 12.2. The lowest BCUT2D eigenvalue weighted by atomic mass is 9.83. The summed E-state index contributed by atoms with van der Waals surface area (Å²) in [7, 11) is -0.611. The van der Waals surface area contributed by atoms with Crippen molar-refractivity contribution in [3.8, 4) is 0 Å². The molecule has 1 aliphatic heterocycles. The Bertz CT molecular complexity index is 264. The zero-order chi connectivity index (χ0) is 11.1. The van der Waals surface area contributed by atoms with E-state index in [0.717, 1.165) is 11.7 Å².